The minimum absolute atomic E-state index is 0.537. The molecule has 78 valence electrons. The molecule has 0 bridgehead atoms. The number of hydrogen-bond donors (Lipinski definition) is 0. The highest BCUT2D eigenvalue weighted by atomic mass is 32.2. The monoisotopic (exact) mass is 231 g/mol. The number of pyridine rings is 1. The van der Waals surface area contributed by atoms with E-state index in [0.717, 1.165) is 16.2 Å². The Morgan fingerprint density at radius 1 is 1.14 bits per heavy atom. The van der Waals surface area contributed by atoms with Gasteiger partial charge in [-0.25, -0.2) is 4.98 Å². The second-order valence-corrected chi connectivity index (χ2v) is 5.74. The number of nitrogens with zero attached hydrogens (tertiary/aromatic N) is 1. The van der Waals surface area contributed by atoms with E-state index >= 15 is 0 Å². The summed E-state index contributed by atoms with van der Waals surface area (Å²) >= 11 is 0. The molecule has 0 saturated carbocycles. The quantitative estimate of drug-likeness (QED) is 0.767. The van der Waals surface area contributed by atoms with Gasteiger partial charge in [0.15, 0.2) is 0 Å². The summed E-state index contributed by atoms with van der Waals surface area (Å²) in [5.74, 6) is 0. The van der Waals surface area contributed by atoms with Crippen LogP contribution in [0.3, 0.4) is 0 Å². The van der Waals surface area contributed by atoms with Crippen LogP contribution in [-0.4, -0.2) is 25.9 Å². The van der Waals surface area contributed by atoms with E-state index in [9.17, 15) is 8.42 Å². The molecule has 1 heterocycles. The van der Waals surface area contributed by atoms with Crippen molar-refractivity contribution < 1.29 is 8.42 Å². The van der Waals surface area contributed by atoms with E-state index in [4.69, 9.17) is 0 Å². The van der Waals surface area contributed by atoms with Crippen LogP contribution < -0.4 is 0 Å². The average Bonchev–Trinajstić information content (AvgIpc) is 2.07. The summed E-state index contributed by atoms with van der Waals surface area (Å²) in [6, 6.07) is 1.78. The highest BCUT2D eigenvalue weighted by Crippen LogP contribution is 2.18. The van der Waals surface area contributed by atoms with Crippen molar-refractivity contribution in [2.24, 2.45) is 0 Å². The molecule has 2 unspecified atom stereocenters. The van der Waals surface area contributed by atoms with Gasteiger partial charge in [0.2, 0.25) is 0 Å². The summed E-state index contributed by atoms with van der Waals surface area (Å²) in [6.45, 7) is 3.62. The molecular formula is C9H13NO2S2. The Morgan fingerprint density at radius 2 is 1.71 bits per heavy atom. The number of rotatable bonds is 2. The molecule has 0 spiro atoms. The zero-order valence-corrected chi connectivity index (χ0v) is 10.3. The third kappa shape index (κ3) is 2.27. The van der Waals surface area contributed by atoms with Crippen molar-refractivity contribution in [3.05, 3.63) is 17.3 Å². The summed E-state index contributed by atoms with van der Waals surface area (Å²) in [6.07, 6.45) is 3.20. The fourth-order valence-electron chi connectivity index (χ4n) is 1.26. The molecule has 14 heavy (non-hydrogen) atoms. The lowest BCUT2D eigenvalue weighted by Gasteiger charge is -2.07. The lowest BCUT2D eigenvalue weighted by Crippen LogP contribution is -2.03. The molecule has 0 aliphatic rings. The van der Waals surface area contributed by atoms with Crippen LogP contribution in [0, 0.1) is 13.8 Å². The van der Waals surface area contributed by atoms with Crippen molar-refractivity contribution in [3.63, 3.8) is 0 Å². The zero-order chi connectivity index (χ0) is 10.9. The fourth-order valence-corrected chi connectivity index (χ4v) is 3.00. The zero-order valence-electron chi connectivity index (χ0n) is 8.66. The molecule has 0 aromatic carbocycles. The van der Waals surface area contributed by atoms with Crippen LogP contribution >= 0.6 is 0 Å². The van der Waals surface area contributed by atoms with E-state index < -0.39 is 21.6 Å². The van der Waals surface area contributed by atoms with Crippen LogP contribution in [0.15, 0.2) is 16.0 Å². The SMILES string of the molecule is Cc1cc(S(C)=O)c(C)c(S(C)=O)n1. The Kier molecular flexibility index (Phi) is 3.55. The highest BCUT2D eigenvalue weighted by molar-refractivity contribution is 7.85. The van der Waals surface area contributed by atoms with Gasteiger partial charge in [-0.1, -0.05) is 0 Å². The van der Waals surface area contributed by atoms with Crippen molar-refractivity contribution in [1.82, 2.24) is 4.98 Å². The number of aryl methyl sites for hydroxylation is 1. The molecule has 0 amide bonds. The van der Waals surface area contributed by atoms with Crippen LogP contribution in [0.4, 0.5) is 0 Å². The lowest BCUT2D eigenvalue weighted by molar-refractivity contribution is 0.680. The second kappa shape index (κ2) is 4.31. The first kappa shape index (κ1) is 11.5. The van der Waals surface area contributed by atoms with Gasteiger partial charge in [0, 0.05) is 23.1 Å². The van der Waals surface area contributed by atoms with Gasteiger partial charge in [-0.15, -0.1) is 0 Å². The van der Waals surface area contributed by atoms with Crippen molar-refractivity contribution in [3.8, 4) is 0 Å². The predicted octanol–water partition coefficient (Wildman–Crippen LogP) is 1.17. The van der Waals surface area contributed by atoms with E-state index in [1.807, 2.05) is 6.92 Å². The van der Waals surface area contributed by atoms with Crippen molar-refractivity contribution >= 4 is 21.6 Å². The first-order chi connectivity index (χ1) is 6.43. The molecule has 0 fully saturated rings. The molecule has 3 nitrogen and oxygen atoms in total. The van der Waals surface area contributed by atoms with Gasteiger partial charge in [-0.2, -0.15) is 0 Å². The second-order valence-electron chi connectivity index (χ2n) is 3.10. The Balaban J connectivity index is 3.47. The van der Waals surface area contributed by atoms with Crippen LogP contribution in [0.25, 0.3) is 0 Å². The van der Waals surface area contributed by atoms with Crippen LogP contribution in [0.5, 0.6) is 0 Å². The van der Waals surface area contributed by atoms with E-state index in [1.54, 1.807) is 25.5 Å². The molecule has 1 rings (SSSR count). The van der Waals surface area contributed by atoms with Gasteiger partial charge >= 0.3 is 0 Å². The molecule has 0 aliphatic heterocycles. The van der Waals surface area contributed by atoms with Gasteiger partial charge in [0.05, 0.1) is 21.6 Å². The van der Waals surface area contributed by atoms with Gasteiger partial charge in [-0.3, -0.25) is 8.42 Å². The van der Waals surface area contributed by atoms with E-state index in [1.165, 1.54) is 0 Å². The molecule has 2 atom stereocenters. The van der Waals surface area contributed by atoms with Crippen LogP contribution in [0.2, 0.25) is 0 Å². The molecule has 0 N–H and O–H groups in total. The molecule has 0 radical (unpaired) electrons. The molecular weight excluding hydrogens is 218 g/mol. The Bertz CT molecular complexity index is 380. The van der Waals surface area contributed by atoms with Crippen molar-refractivity contribution in [2.45, 2.75) is 23.8 Å². The molecule has 1 aromatic heterocycles. The van der Waals surface area contributed by atoms with Gasteiger partial charge in [0.1, 0.15) is 5.03 Å². The van der Waals surface area contributed by atoms with Gasteiger partial charge in [-0.05, 0) is 25.5 Å². The summed E-state index contributed by atoms with van der Waals surface area (Å²) in [4.78, 5) is 4.91. The third-order valence-corrected chi connectivity index (χ3v) is 3.88. The number of hydrogen-bond acceptors (Lipinski definition) is 3. The smallest absolute Gasteiger partial charge is 0.131 e. The topological polar surface area (TPSA) is 47.0 Å². The van der Waals surface area contributed by atoms with Crippen molar-refractivity contribution in [2.75, 3.05) is 12.5 Å². The molecule has 0 aliphatic carbocycles. The van der Waals surface area contributed by atoms with Gasteiger partial charge < -0.3 is 0 Å². The Labute approximate surface area is 88.9 Å². The predicted molar refractivity (Wildman–Crippen MR) is 58.4 cm³/mol. The summed E-state index contributed by atoms with van der Waals surface area (Å²) in [5.41, 5.74) is 1.53. The maximum absolute atomic E-state index is 11.4. The van der Waals surface area contributed by atoms with Crippen LogP contribution in [0.1, 0.15) is 11.3 Å². The van der Waals surface area contributed by atoms with E-state index in [2.05, 4.69) is 4.98 Å². The Morgan fingerprint density at radius 3 is 2.14 bits per heavy atom. The maximum atomic E-state index is 11.4. The summed E-state index contributed by atoms with van der Waals surface area (Å²) in [5, 5.41) is 0.537. The largest absolute Gasteiger partial charge is 0.255 e. The molecule has 5 heteroatoms. The normalized spacial score (nSPS) is 15.1. The first-order valence-electron chi connectivity index (χ1n) is 4.08. The standard InChI is InChI=1S/C9H13NO2S2/c1-6-5-8(13(3)11)7(2)9(10-6)14(4)12/h5H,1-4H3. The fraction of sp³-hybridized carbons (Fsp3) is 0.444. The maximum Gasteiger partial charge on any atom is 0.131 e. The summed E-state index contributed by atoms with van der Waals surface area (Å²) in [7, 11) is -2.18. The van der Waals surface area contributed by atoms with E-state index in [-0.39, 0.29) is 0 Å². The Hall–Kier alpha value is -0.550. The highest BCUT2D eigenvalue weighted by Gasteiger charge is 2.12. The van der Waals surface area contributed by atoms with E-state index in [0.29, 0.717) is 5.03 Å². The third-order valence-electron chi connectivity index (χ3n) is 1.89. The molecule has 0 saturated heterocycles. The minimum atomic E-state index is -1.12. The molecule has 1 aromatic rings. The van der Waals surface area contributed by atoms with Crippen molar-refractivity contribution in [1.29, 1.82) is 0 Å². The van der Waals surface area contributed by atoms with Gasteiger partial charge in [0.25, 0.3) is 0 Å². The minimum Gasteiger partial charge on any atom is -0.255 e. The van der Waals surface area contributed by atoms with Crippen LogP contribution in [-0.2, 0) is 21.6 Å². The average molecular weight is 231 g/mol. The summed E-state index contributed by atoms with van der Waals surface area (Å²) < 4.78 is 22.7. The number of aromatic nitrogens is 1. The lowest BCUT2D eigenvalue weighted by atomic mass is 10.3. The first-order valence-corrected chi connectivity index (χ1v) is 7.20.